The number of unbranched alkanes of at least 4 members (excludes halogenated alkanes) is 2. The van der Waals surface area contributed by atoms with Crippen molar-refractivity contribution in [2.24, 2.45) is 0 Å². The summed E-state index contributed by atoms with van der Waals surface area (Å²) in [6.07, 6.45) is 3.39. The van der Waals surface area contributed by atoms with Crippen molar-refractivity contribution in [3.63, 3.8) is 0 Å². The van der Waals surface area contributed by atoms with Crippen LogP contribution in [0.1, 0.15) is 37.3 Å². The Morgan fingerprint density at radius 1 is 1.00 bits per heavy atom. The van der Waals surface area contributed by atoms with E-state index in [2.05, 4.69) is 12.2 Å². The summed E-state index contributed by atoms with van der Waals surface area (Å²) in [5.74, 6) is 1.23. The normalized spacial score (nSPS) is 10.5. The molecule has 0 saturated carbocycles. The van der Waals surface area contributed by atoms with Gasteiger partial charge in [-0.05, 0) is 67.8 Å². The minimum atomic E-state index is -0.216. The number of aryl methyl sites for hydroxylation is 2. The summed E-state index contributed by atoms with van der Waals surface area (Å²) < 4.78 is 11.2. The minimum Gasteiger partial charge on any atom is -0.494 e. The van der Waals surface area contributed by atoms with Gasteiger partial charge in [0, 0.05) is 10.7 Å². The lowest BCUT2D eigenvalue weighted by molar-refractivity contribution is -0.118. The van der Waals surface area contributed by atoms with Crippen LogP contribution in [-0.2, 0) is 4.79 Å². The number of anilines is 1. The van der Waals surface area contributed by atoms with Crippen molar-refractivity contribution < 1.29 is 14.3 Å². The first-order valence-corrected chi connectivity index (χ1v) is 9.29. The Kier molecular flexibility index (Phi) is 7.79. The van der Waals surface area contributed by atoms with E-state index in [1.165, 1.54) is 12.8 Å². The van der Waals surface area contributed by atoms with Gasteiger partial charge >= 0.3 is 0 Å². The predicted molar refractivity (Wildman–Crippen MR) is 107 cm³/mol. The van der Waals surface area contributed by atoms with Gasteiger partial charge in [-0.15, -0.1) is 0 Å². The van der Waals surface area contributed by atoms with Crippen molar-refractivity contribution in [3.05, 3.63) is 52.5 Å². The van der Waals surface area contributed by atoms with Gasteiger partial charge in [0.2, 0.25) is 0 Å². The molecule has 0 aliphatic heterocycles. The van der Waals surface area contributed by atoms with E-state index in [-0.39, 0.29) is 12.5 Å². The van der Waals surface area contributed by atoms with Crippen molar-refractivity contribution in [1.29, 1.82) is 0 Å². The van der Waals surface area contributed by atoms with Crippen molar-refractivity contribution in [1.82, 2.24) is 0 Å². The van der Waals surface area contributed by atoms with E-state index >= 15 is 0 Å². The molecule has 0 unspecified atom stereocenters. The summed E-state index contributed by atoms with van der Waals surface area (Å²) in [6, 6.07) is 11.0. The lowest BCUT2D eigenvalue weighted by Crippen LogP contribution is -2.20. The van der Waals surface area contributed by atoms with Gasteiger partial charge in [-0.1, -0.05) is 31.4 Å². The fraction of sp³-hybridized carbons (Fsp3) is 0.381. The maximum absolute atomic E-state index is 12.1. The highest BCUT2D eigenvalue weighted by molar-refractivity contribution is 6.32. The zero-order valence-electron chi connectivity index (χ0n) is 15.6. The van der Waals surface area contributed by atoms with E-state index in [9.17, 15) is 4.79 Å². The van der Waals surface area contributed by atoms with Gasteiger partial charge in [0.15, 0.2) is 6.61 Å². The SMILES string of the molecule is CCCCCOc1ccc(NC(=O)COc2cc(C)c(Cl)c(C)c2)cc1. The Morgan fingerprint density at radius 3 is 2.27 bits per heavy atom. The highest BCUT2D eigenvalue weighted by atomic mass is 35.5. The van der Waals surface area contributed by atoms with Crippen LogP contribution in [-0.4, -0.2) is 19.1 Å². The van der Waals surface area contributed by atoms with Gasteiger partial charge in [-0.2, -0.15) is 0 Å². The molecule has 0 aliphatic rings. The number of hydrogen-bond donors (Lipinski definition) is 1. The van der Waals surface area contributed by atoms with E-state index in [0.717, 1.165) is 28.3 Å². The van der Waals surface area contributed by atoms with E-state index in [1.807, 2.05) is 50.2 Å². The number of benzene rings is 2. The number of carbonyl (C=O) groups is 1. The van der Waals surface area contributed by atoms with Crippen molar-refractivity contribution in [2.75, 3.05) is 18.5 Å². The fourth-order valence-electron chi connectivity index (χ4n) is 2.51. The first kappa shape index (κ1) is 20.1. The molecule has 0 heterocycles. The molecule has 4 nitrogen and oxygen atoms in total. The Balaban J connectivity index is 1.80. The third-order valence-electron chi connectivity index (χ3n) is 3.93. The molecule has 0 aromatic heterocycles. The standard InChI is InChI=1S/C21H26ClNO3/c1-4-5-6-11-25-18-9-7-17(8-10-18)23-20(24)14-26-19-12-15(2)21(22)16(3)13-19/h7-10,12-13H,4-6,11,14H2,1-3H3,(H,23,24). The molecule has 0 fully saturated rings. The predicted octanol–water partition coefficient (Wildman–Crippen LogP) is 5.54. The number of nitrogens with one attached hydrogen (secondary N) is 1. The van der Waals surface area contributed by atoms with Crippen LogP contribution in [0, 0.1) is 13.8 Å². The van der Waals surface area contributed by atoms with Crippen molar-refractivity contribution in [3.8, 4) is 11.5 Å². The summed E-state index contributed by atoms with van der Waals surface area (Å²) in [4.78, 5) is 12.1. The molecule has 1 N–H and O–H groups in total. The molecule has 5 heteroatoms. The van der Waals surface area contributed by atoms with E-state index in [0.29, 0.717) is 18.0 Å². The summed E-state index contributed by atoms with van der Waals surface area (Å²) in [5.41, 5.74) is 2.57. The average molecular weight is 376 g/mol. The highest BCUT2D eigenvalue weighted by Gasteiger charge is 2.07. The molecule has 1 amide bonds. The minimum absolute atomic E-state index is 0.0597. The third kappa shape index (κ3) is 6.26. The summed E-state index contributed by atoms with van der Waals surface area (Å²) in [5, 5.41) is 3.53. The largest absolute Gasteiger partial charge is 0.494 e. The second-order valence-electron chi connectivity index (χ2n) is 6.29. The smallest absolute Gasteiger partial charge is 0.262 e. The van der Waals surface area contributed by atoms with Crippen LogP contribution in [0.25, 0.3) is 0 Å². The molecule has 26 heavy (non-hydrogen) atoms. The molecule has 2 aromatic rings. The molecule has 0 saturated heterocycles. The van der Waals surface area contributed by atoms with Crippen LogP contribution in [0.2, 0.25) is 5.02 Å². The van der Waals surface area contributed by atoms with E-state index in [1.54, 1.807) is 0 Å². The van der Waals surface area contributed by atoms with E-state index < -0.39 is 0 Å². The topological polar surface area (TPSA) is 47.6 Å². The summed E-state index contributed by atoms with van der Waals surface area (Å²) in [6.45, 7) is 6.64. The average Bonchev–Trinajstić information content (AvgIpc) is 2.63. The van der Waals surface area contributed by atoms with Crippen LogP contribution in [0.4, 0.5) is 5.69 Å². The van der Waals surface area contributed by atoms with Crippen LogP contribution in [0.15, 0.2) is 36.4 Å². The second-order valence-corrected chi connectivity index (χ2v) is 6.67. The quantitative estimate of drug-likeness (QED) is 0.585. The molecular weight excluding hydrogens is 350 g/mol. The first-order valence-electron chi connectivity index (χ1n) is 8.92. The number of amides is 1. The zero-order valence-corrected chi connectivity index (χ0v) is 16.4. The number of halogens is 1. The monoisotopic (exact) mass is 375 g/mol. The van der Waals surface area contributed by atoms with Crippen LogP contribution < -0.4 is 14.8 Å². The fourth-order valence-corrected chi connectivity index (χ4v) is 2.62. The van der Waals surface area contributed by atoms with Crippen molar-refractivity contribution in [2.45, 2.75) is 40.0 Å². The summed E-state index contributed by atoms with van der Waals surface area (Å²) in [7, 11) is 0. The van der Waals surface area contributed by atoms with Crippen LogP contribution in [0.5, 0.6) is 11.5 Å². The van der Waals surface area contributed by atoms with Crippen molar-refractivity contribution >= 4 is 23.2 Å². The van der Waals surface area contributed by atoms with Gasteiger partial charge in [-0.3, -0.25) is 4.79 Å². The highest BCUT2D eigenvalue weighted by Crippen LogP contribution is 2.25. The number of rotatable bonds is 9. The number of hydrogen-bond acceptors (Lipinski definition) is 3. The number of ether oxygens (including phenoxy) is 2. The molecule has 140 valence electrons. The molecule has 0 spiro atoms. The molecule has 2 aromatic carbocycles. The Hall–Kier alpha value is -2.20. The Morgan fingerprint density at radius 2 is 1.65 bits per heavy atom. The zero-order chi connectivity index (χ0) is 18.9. The molecule has 0 bridgehead atoms. The van der Waals surface area contributed by atoms with Gasteiger partial charge in [-0.25, -0.2) is 0 Å². The van der Waals surface area contributed by atoms with Gasteiger partial charge in [0.05, 0.1) is 6.61 Å². The van der Waals surface area contributed by atoms with E-state index in [4.69, 9.17) is 21.1 Å². The Labute approximate surface area is 160 Å². The maximum atomic E-state index is 12.1. The maximum Gasteiger partial charge on any atom is 0.262 e. The van der Waals surface area contributed by atoms with Crippen LogP contribution >= 0.6 is 11.6 Å². The molecule has 2 rings (SSSR count). The third-order valence-corrected chi connectivity index (χ3v) is 4.53. The molecular formula is C21H26ClNO3. The van der Waals surface area contributed by atoms with Crippen LogP contribution in [0.3, 0.4) is 0 Å². The Bertz CT molecular complexity index is 706. The second kappa shape index (κ2) is 10.1. The summed E-state index contributed by atoms with van der Waals surface area (Å²) >= 11 is 6.13. The first-order chi connectivity index (χ1) is 12.5. The molecule has 0 atom stereocenters. The van der Waals surface area contributed by atoms with Gasteiger partial charge in [0.1, 0.15) is 11.5 Å². The number of carbonyl (C=O) groups excluding carboxylic acids is 1. The molecule has 0 radical (unpaired) electrons. The van der Waals surface area contributed by atoms with Gasteiger partial charge in [0.25, 0.3) is 5.91 Å². The lowest BCUT2D eigenvalue weighted by Gasteiger charge is -2.11. The lowest BCUT2D eigenvalue weighted by atomic mass is 10.1. The molecule has 0 aliphatic carbocycles. The van der Waals surface area contributed by atoms with Gasteiger partial charge < -0.3 is 14.8 Å².